The Balaban J connectivity index is 1.23. The molecule has 0 bridgehead atoms. The number of H-pyrrole nitrogens is 1. The van der Waals surface area contributed by atoms with E-state index in [4.69, 9.17) is 15.2 Å². The maximum absolute atomic E-state index is 11.3. The number of benzene rings is 4. The van der Waals surface area contributed by atoms with E-state index in [2.05, 4.69) is 22.9 Å². The van der Waals surface area contributed by atoms with Gasteiger partial charge in [-0.2, -0.15) is 0 Å². The zero-order chi connectivity index (χ0) is 26.5. The van der Waals surface area contributed by atoms with Gasteiger partial charge in [0.05, 0.1) is 5.52 Å². The van der Waals surface area contributed by atoms with Crippen molar-refractivity contribution in [2.24, 2.45) is 5.73 Å². The molecule has 0 spiro atoms. The van der Waals surface area contributed by atoms with Crippen LogP contribution in [0.1, 0.15) is 23.7 Å². The van der Waals surface area contributed by atoms with Gasteiger partial charge >= 0.3 is 0 Å². The van der Waals surface area contributed by atoms with Crippen molar-refractivity contribution in [3.05, 3.63) is 96.6 Å². The fraction of sp³-hybridized carbons (Fsp3) is 0.194. The Morgan fingerprint density at radius 2 is 1.61 bits per heavy atom. The summed E-state index contributed by atoms with van der Waals surface area (Å²) in [6.07, 6.45) is 0.258. The maximum atomic E-state index is 11.3. The number of carbonyl (C=O) groups excluding carboxylic acids is 1. The van der Waals surface area contributed by atoms with Gasteiger partial charge in [-0.15, -0.1) is 0 Å². The van der Waals surface area contributed by atoms with E-state index in [1.807, 2.05) is 60.7 Å². The van der Waals surface area contributed by atoms with Gasteiger partial charge in [0.2, 0.25) is 5.91 Å². The molecule has 1 aromatic heterocycles. The summed E-state index contributed by atoms with van der Waals surface area (Å²) in [4.78, 5) is 16.8. The van der Waals surface area contributed by atoms with Crippen molar-refractivity contribution in [1.29, 1.82) is 0 Å². The average molecular weight is 510 g/mol. The Hall–Kier alpha value is -4.49. The molecule has 5 rings (SSSR count). The van der Waals surface area contributed by atoms with Crippen LogP contribution in [0.5, 0.6) is 17.2 Å². The van der Waals surface area contributed by atoms with Crippen LogP contribution >= 0.6 is 0 Å². The number of aromatic nitrogens is 1. The van der Waals surface area contributed by atoms with Gasteiger partial charge in [0.25, 0.3) is 0 Å². The molecule has 38 heavy (non-hydrogen) atoms. The zero-order valence-electron chi connectivity index (χ0n) is 21.3. The van der Waals surface area contributed by atoms with Crippen LogP contribution in [0.3, 0.4) is 0 Å². The molecule has 1 amide bonds. The lowest BCUT2D eigenvalue weighted by molar-refractivity contribution is 0.1000. The van der Waals surface area contributed by atoms with Gasteiger partial charge in [-0.05, 0) is 73.2 Å². The van der Waals surface area contributed by atoms with Gasteiger partial charge in [-0.1, -0.05) is 31.2 Å². The highest BCUT2D eigenvalue weighted by molar-refractivity contribution is 6.10. The van der Waals surface area contributed by atoms with E-state index in [9.17, 15) is 9.90 Å². The molecule has 0 saturated heterocycles. The summed E-state index contributed by atoms with van der Waals surface area (Å²) < 4.78 is 12.0. The van der Waals surface area contributed by atoms with Crippen LogP contribution in [0.4, 0.5) is 5.69 Å². The number of hydrogen-bond acceptors (Lipinski definition) is 5. The van der Waals surface area contributed by atoms with Crippen LogP contribution < -0.4 is 20.1 Å². The normalized spacial score (nSPS) is 11.9. The summed E-state index contributed by atoms with van der Waals surface area (Å²) in [7, 11) is 0. The lowest BCUT2D eigenvalue weighted by Gasteiger charge is -2.27. The van der Waals surface area contributed by atoms with Crippen molar-refractivity contribution in [1.82, 2.24) is 4.98 Å². The molecule has 194 valence electrons. The fourth-order valence-corrected chi connectivity index (χ4v) is 4.63. The Bertz CT molecular complexity index is 1530. The van der Waals surface area contributed by atoms with Crippen molar-refractivity contribution in [3.8, 4) is 17.2 Å². The van der Waals surface area contributed by atoms with E-state index >= 15 is 0 Å². The summed E-state index contributed by atoms with van der Waals surface area (Å²) in [6, 6.07) is 28.5. The third-order valence-electron chi connectivity index (χ3n) is 6.42. The third kappa shape index (κ3) is 5.58. The number of fused-ring (bicyclic) bond motifs is 3. The molecule has 0 radical (unpaired) electrons. The van der Waals surface area contributed by atoms with Crippen LogP contribution in [0, 0.1) is 0 Å². The number of para-hydroxylation sites is 1. The van der Waals surface area contributed by atoms with Gasteiger partial charge in [0, 0.05) is 40.6 Å². The highest BCUT2D eigenvalue weighted by Crippen LogP contribution is 2.33. The molecular weight excluding hydrogens is 478 g/mol. The van der Waals surface area contributed by atoms with Gasteiger partial charge in [0.1, 0.15) is 30.0 Å². The molecule has 5 aromatic rings. The minimum atomic E-state index is -0.679. The van der Waals surface area contributed by atoms with Crippen molar-refractivity contribution >= 4 is 33.4 Å². The first kappa shape index (κ1) is 25.2. The van der Waals surface area contributed by atoms with Crippen LogP contribution in [-0.4, -0.2) is 41.8 Å². The van der Waals surface area contributed by atoms with Crippen LogP contribution in [0.25, 0.3) is 21.8 Å². The molecule has 0 fully saturated rings. The summed E-state index contributed by atoms with van der Waals surface area (Å²) in [6.45, 7) is 3.53. The minimum absolute atomic E-state index is 0.182. The molecule has 1 heterocycles. The molecule has 4 N–H and O–H groups in total. The second-order valence-corrected chi connectivity index (χ2v) is 9.24. The SMILES string of the molecule is CCCN(C[C@H](O)COc1cccc2[nH]c3ccccc3c12)c1ccc(Oc2ccc(C(N)=O)cc2)cc1. The second kappa shape index (κ2) is 11.3. The van der Waals surface area contributed by atoms with Crippen molar-refractivity contribution in [2.75, 3.05) is 24.6 Å². The van der Waals surface area contributed by atoms with E-state index in [0.717, 1.165) is 46.2 Å². The molecule has 7 nitrogen and oxygen atoms in total. The molecule has 0 aliphatic rings. The van der Waals surface area contributed by atoms with Gasteiger partial charge in [-0.25, -0.2) is 0 Å². The van der Waals surface area contributed by atoms with E-state index < -0.39 is 12.0 Å². The standard InChI is InChI=1S/C31H31N3O4/c1-2-18-34(22-12-16-25(17-13-22)38-24-14-10-21(11-15-24)31(32)36)19-23(35)20-37-29-9-5-8-28-30(29)26-6-3-4-7-27(26)33-28/h3-17,23,33,35H,2,18-20H2,1H3,(H2,32,36)/t23-/m0/s1. The monoisotopic (exact) mass is 509 g/mol. The summed E-state index contributed by atoms with van der Waals surface area (Å²) in [5.41, 5.74) is 8.79. The zero-order valence-corrected chi connectivity index (χ0v) is 21.3. The van der Waals surface area contributed by atoms with Crippen molar-refractivity contribution < 1.29 is 19.4 Å². The Morgan fingerprint density at radius 1 is 0.921 bits per heavy atom. The number of aromatic amines is 1. The van der Waals surface area contributed by atoms with E-state index in [0.29, 0.717) is 23.6 Å². The number of nitrogens with two attached hydrogens (primary N) is 1. The van der Waals surface area contributed by atoms with E-state index in [1.165, 1.54) is 0 Å². The van der Waals surface area contributed by atoms with Crippen LogP contribution in [0.2, 0.25) is 0 Å². The first-order valence-electron chi connectivity index (χ1n) is 12.7. The Morgan fingerprint density at radius 3 is 2.32 bits per heavy atom. The highest BCUT2D eigenvalue weighted by Gasteiger charge is 2.15. The number of amides is 1. The number of anilines is 1. The Kier molecular flexibility index (Phi) is 7.47. The first-order chi connectivity index (χ1) is 18.5. The minimum Gasteiger partial charge on any atom is -0.490 e. The van der Waals surface area contributed by atoms with Gasteiger partial charge in [-0.3, -0.25) is 4.79 Å². The van der Waals surface area contributed by atoms with Crippen LogP contribution in [-0.2, 0) is 0 Å². The molecule has 1 atom stereocenters. The van der Waals surface area contributed by atoms with E-state index in [1.54, 1.807) is 24.3 Å². The number of aliphatic hydroxyl groups excluding tert-OH is 1. The number of nitrogens with zero attached hydrogens (tertiary/aromatic N) is 1. The summed E-state index contributed by atoms with van der Waals surface area (Å²) >= 11 is 0. The number of hydrogen-bond donors (Lipinski definition) is 3. The van der Waals surface area contributed by atoms with E-state index in [-0.39, 0.29) is 6.61 Å². The smallest absolute Gasteiger partial charge is 0.248 e. The summed E-state index contributed by atoms with van der Waals surface area (Å²) in [5, 5.41) is 13.0. The number of ether oxygens (including phenoxy) is 2. The predicted octanol–water partition coefficient (Wildman–Crippen LogP) is 5.87. The quantitative estimate of drug-likeness (QED) is 0.207. The molecular formula is C31H31N3O4. The number of nitrogens with one attached hydrogen (secondary N) is 1. The van der Waals surface area contributed by atoms with Crippen LogP contribution in [0.15, 0.2) is 91.0 Å². The number of carbonyl (C=O) groups is 1. The predicted molar refractivity (Wildman–Crippen MR) is 151 cm³/mol. The van der Waals surface area contributed by atoms with Crippen molar-refractivity contribution in [2.45, 2.75) is 19.4 Å². The number of rotatable bonds is 11. The van der Waals surface area contributed by atoms with Crippen molar-refractivity contribution in [3.63, 3.8) is 0 Å². The fourth-order valence-electron chi connectivity index (χ4n) is 4.63. The van der Waals surface area contributed by atoms with Gasteiger partial charge in [0.15, 0.2) is 0 Å². The lowest BCUT2D eigenvalue weighted by atomic mass is 10.1. The first-order valence-corrected chi connectivity index (χ1v) is 12.7. The average Bonchev–Trinajstić information content (AvgIpc) is 3.32. The molecule has 0 unspecified atom stereocenters. The lowest BCUT2D eigenvalue weighted by Crippen LogP contribution is -2.36. The molecule has 0 aliphatic carbocycles. The number of aliphatic hydroxyl groups is 1. The van der Waals surface area contributed by atoms with Gasteiger partial charge < -0.3 is 30.2 Å². The molecule has 7 heteroatoms. The molecule has 0 saturated carbocycles. The maximum Gasteiger partial charge on any atom is 0.248 e. The largest absolute Gasteiger partial charge is 0.490 e. The molecule has 4 aromatic carbocycles. The highest BCUT2D eigenvalue weighted by atomic mass is 16.5. The third-order valence-corrected chi connectivity index (χ3v) is 6.42. The topological polar surface area (TPSA) is 101 Å². The number of primary amides is 1. The molecule has 0 aliphatic heterocycles. The Labute approximate surface area is 221 Å². The second-order valence-electron chi connectivity index (χ2n) is 9.24. The summed E-state index contributed by atoms with van der Waals surface area (Å²) in [5.74, 6) is 1.57.